The van der Waals surface area contributed by atoms with E-state index in [1.54, 1.807) is 0 Å². The number of aldehydes is 1. The molecule has 1 saturated heterocycles. The van der Waals surface area contributed by atoms with Crippen molar-refractivity contribution in [2.45, 2.75) is 13.0 Å². The first-order chi connectivity index (χ1) is 12.8. The zero-order valence-electron chi connectivity index (χ0n) is 14.9. The van der Waals surface area contributed by atoms with E-state index in [0.717, 1.165) is 47.5 Å². The number of H-pyrrole nitrogens is 1. The molecule has 1 atom stereocenters. The van der Waals surface area contributed by atoms with Crippen molar-refractivity contribution in [3.8, 4) is 5.75 Å². The van der Waals surface area contributed by atoms with Crippen LogP contribution in [0.4, 0.5) is 11.5 Å². The van der Waals surface area contributed by atoms with Gasteiger partial charge in [0, 0.05) is 30.5 Å². The number of para-hydroxylation sites is 3. The monoisotopic (exact) mass is 349 g/mol. The maximum absolute atomic E-state index is 11.8. The topological polar surface area (TPSA) is 48.6 Å². The number of nitrogens with one attached hydrogen (secondary N) is 1. The standard InChI is InChI=1S/C21H23N3O2/c1-2-26-20-10-6-5-9-19(20)23-11-12-24(17(14-23)15-25)21-13-16-7-3-4-8-18(16)22-21/h3-10,13,15,17,22H,2,11-12,14H2,1H3. The normalized spacial score (nSPS) is 17.5. The summed E-state index contributed by atoms with van der Waals surface area (Å²) in [5.41, 5.74) is 2.15. The van der Waals surface area contributed by atoms with Crippen LogP contribution in [0.5, 0.6) is 5.75 Å². The van der Waals surface area contributed by atoms with Crippen LogP contribution in [-0.2, 0) is 4.79 Å². The molecule has 5 nitrogen and oxygen atoms in total. The van der Waals surface area contributed by atoms with Crippen molar-refractivity contribution in [1.29, 1.82) is 0 Å². The van der Waals surface area contributed by atoms with E-state index in [9.17, 15) is 4.79 Å². The molecule has 0 radical (unpaired) electrons. The molecule has 1 aliphatic rings. The number of aromatic amines is 1. The van der Waals surface area contributed by atoms with E-state index in [4.69, 9.17) is 4.74 Å². The number of carbonyl (C=O) groups excluding carboxylic acids is 1. The van der Waals surface area contributed by atoms with Crippen LogP contribution in [0.15, 0.2) is 54.6 Å². The molecule has 2 heterocycles. The molecule has 2 aromatic carbocycles. The Morgan fingerprint density at radius 1 is 1.15 bits per heavy atom. The third-order valence-electron chi connectivity index (χ3n) is 4.91. The minimum absolute atomic E-state index is 0.202. The van der Waals surface area contributed by atoms with E-state index in [1.165, 1.54) is 0 Å². The zero-order chi connectivity index (χ0) is 17.9. The molecular weight excluding hydrogens is 326 g/mol. The van der Waals surface area contributed by atoms with Gasteiger partial charge in [0.1, 0.15) is 23.9 Å². The van der Waals surface area contributed by atoms with Crippen LogP contribution < -0.4 is 14.5 Å². The van der Waals surface area contributed by atoms with Gasteiger partial charge in [-0.25, -0.2) is 0 Å². The molecule has 4 rings (SSSR count). The summed E-state index contributed by atoms with van der Waals surface area (Å²) in [5.74, 6) is 1.87. The zero-order valence-corrected chi connectivity index (χ0v) is 14.9. The molecule has 1 unspecified atom stereocenters. The Hall–Kier alpha value is -2.95. The number of ether oxygens (including phenoxy) is 1. The van der Waals surface area contributed by atoms with Gasteiger partial charge in [-0.15, -0.1) is 0 Å². The van der Waals surface area contributed by atoms with Gasteiger partial charge in [0.25, 0.3) is 0 Å². The predicted octanol–water partition coefficient (Wildman–Crippen LogP) is 3.46. The lowest BCUT2D eigenvalue weighted by molar-refractivity contribution is -0.109. The van der Waals surface area contributed by atoms with Crippen LogP contribution in [0.25, 0.3) is 10.9 Å². The Morgan fingerprint density at radius 2 is 1.96 bits per heavy atom. The highest BCUT2D eigenvalue weighted by Gasteiger charge is 2.29. The van der Waals surface area contributed by atoms with E-state index in [2.05, 4.69) is 39.0 Å². The van der Waals surface area contributed by atoms with E-state index in [0.29, 0.717) is 13.2 Å². The molecule has 5 heteroatoms. The molecule has 1 N–H and O–H groups in total. The molecule has 3 aromatic rings. The average molecular weight is 349 g/mol. The largest absolute Gasteiger partial charge is 0.492 e. The summed E-state index contributed by atoms with van der Waals surface area (Å²) in [6.07, 6.45) is 1.04. The van der Waals surface area contributed by atoms with E-state index in [1.807, 2.05) is 37.3 Å². The first-order valence-corrected chi connectivity index (χ1v) is 9.06. The number of fused-ring (bicyclic) bond motifs is 1. The van der Waals surface area contributed by atoms with Gasteiger partial charge < -0.3 is 24.3 Å². The maximum atomic E-state index is 11.8. The van der Waals surface area contributed by atoms with Gasteiger partial charge in [0.05, 0.1) is 12.3 Å². The first kappa shape index (κ1) is 16.5. The number of carbonyl (C=O) groups is 1. The second-order valence-corrected chi connectivity index (χ2v) is 6.49. The van der Waals surface area contributed by atoms with Crippen molar-refractivity contribution in [2.24, 2.45) is 0 Å². The lowest BCUT2D eigenvalue weighted by Crippen LogP contribution is -2.54. The van der Waals surface area contributed by atoms with Crippen LogP contribution in [0, 0.1) is 0 Å². The fraction of sp³-hybridized carbons (Fsp3) is 0.286. The Kier molecular flexibility index (Phi) is 4.52. The molecule has 1 aromatic heterocycles. The van der Waals surface area contributed by atoms with Crippen LogP contribution in [0.3, 0.4) is 0 Å². The van der Waals surface area contributed by atoms with E-state index in [-0.39, 0.29) is 6.04 Å². The number of aromatic nitrogens is 1. The van der Waals surface area contributed by atoms with E-state index < -0.39 is 0 Å². The number of nitrogens with zero attached hydrogens (tertiary/aromatic N) is 2. The SMILES string of the molecule is CCOc1ccccc1N1CCN(c2cc3ccccc3[nH]2)C(C=O)C1. The molecule has 0 saturated carbocycles. The van der Waals surface area contributed by atoms with Crippen molar-refractivity contribution < 1.29 is 9.53 Å². The van der Waals surface area contributed by atoms with Gasteiger partial charge in [-0.05, 0) is 31.2 Å². The summed E-state index contributed by atoms with van der Waals surface area (Å²) in [4.78, 5) is 19.7. The minimum Gasteiger partial charge on any atom is -0.492 e. The van der Waals surface area contributed by atoms with E-state index >= 15 is 0 Å². The number of piperazine rings is 1. The van der Waals surface area contributed by atoms with Crippen molar-refractivity contribution >= 4 is 28.7 Å². The highest BCUT2D eigenvalue weighted by Crippen LogP contribution is 2.31. The summed E-state index contributed by atoms with van der Waals surface area (Å²) in [6.45, 7) is 4.87. The van der Waals surface area contributed by atoms with Crippen LogP contribution in [0.2, 0.25) is 0 Å². The smallest absolute Gasteiger partial charge is 0.144 e. The van der Waals surface area contributed by atoms with Gasteiger partial charge >= 0.3 is 0 Å². The third-order valence-corrected chi connectivity index (χ3v) is 4.91. The lowest BCUT2D eigenvalue weighted by Gasteiger charge is -2.41. The number of rotatable bonds is 5. The summed E-state index contributed by atoms with van der Waals surface area (Å²) >= 11 is 0. The molecule has 134 valence electrons. The molecule has 0 aliphatic carbocycles. The van der Waals surface area contributed by atoms with Gasteiger partial charge in [-0.3, -0.25) is 0 Å². The Labute approximate surface area is 153 Å². The highest BCUT2D eigenvalue weighted by molar-refractivity contribution is 5.85. The fourth-order valence-electron chi connectivity index (χ4n) is 3.65. The summed E-state index contributed by atoms with van der Waals surface area (Å²) in [6, 6.07) is 18.1. The number of anilines is 2. The Balaban J connectivity index is 1.58. The molecular formula is C21H23N3O2. The Morgan fingerprint density at radius 3 is 2.77 bits per heavy atom. The quantitative estimate of drug-likeness (QED) is 0.717. The van der Waals surface area contributed by atoms with Crippen LogP contribution in [-0.4, -0.2) is 43.6 Å². The molecule has 0 amide bonds. The summed E-state index contributed by atoms with van der Waals surface area (Å²) in [5, 5.41) is 1.16. The molecule has 0 spiro atoms. The first-order valence-electron chi connectivity index (χ1n) is 9.06. The predicted molar refractivity (Wildman–Crippen MR) is 105 cm³/mol. The van der Waals surface area contributed by atoms with Crippen molar-refractivity contribution in [3.05, 3.63) is 54.6 Å². The molecule has 26 heavy (non-hydrogen) atoms. The number of hydrogen-bond acceptors (Lipinski definition) is 4. The summed E-state index contributed by atoms with van der Waals surface area (Å²) in [7, 11) is 0. The maximum Gasteiger partial charge on any atom is 0.144 e. The fourth-order valence-corrected chi connectivity index (χ4v) is 3.65. The van der Waals surface area contributed by atoms with Gasteiger partial charge in [0.2, 0.25) is 0 Å². The van der Waals surface area contributed by atoms with Crippen LogP contribution >= 0.6 is 0 Å². The minimum atomic E-state index is -0.202. The van der Waals surface area contributed by atoms with Crippen molar-refractivity contribution in [1.82, 2.24) is 4.98 Å². The van der Waals surface area contributed by atoms with Crippen molar-refractivity contribution in [2.75, 3.05) is 36.0 Å². The highest BCUT2D eigenvalue weighted by atomic mass is 16.5. The second kappa shape index (κ2) is 7.12. The van der Waals surface area contributed by atoms with Crippen molar-refractivity contribution in [3.63, 3.8) is 0 Å². The molecule has 1 aliphatic heterocycles. The number of hydrogen-bond donors (Lipinski definition) is 1. The second-order valence-electron chi connectivity index (χ2n) is 6.49. The summed E-state index contributed by atoms with van der Waals surface area (Å²) < 4.78 is 5.76. The van der Waals surface area contributed by atoms with Crippen LogP contribution in [0.1, 0.15) is 6.92 Å². The molecule has 1 fully saturated rings. The van der Waals surface area contributed by atoms with Gasteiger partial charge in [-0.2, -0.15) is 0 Å². The average Bonchev–Trinajstić information content (AvgIpc) is 3.12. The lowest BCUT2D eigenvalue weighted by atomic mass is 10.1. The Bertz CT molecular complexity index is 872. The molecule has 0 bridgehead atoms. The van der Waals surface area contributed by atoms with Gasteiger partial charge in [0.15, 0.2) is 0 Å². The third kappa shape index (κ3) is 3.01. The van der Waals surface area contributed by atoms with Gasteiger partial charge in [-0.1, -0.05) is 30.3 Å². The number of benzene rings is 2.